The van der Waals surface area contributed by atoms with E-state index >= 15 is 0 Å². The Balaban J connectivity index is 2.61. The second-order valence-corrected chi connectivity index (χ2v) is 3.47. The Labute approximate surface area is 81.8 Å². The van der Waals surface area contributed by atoms with E-state index in [9.17, 15) is 0 Å². The summed E-state index contributed by atoms with van der Waals surface area (Å²) in [6.07, 6.45) is 0.448. The van der Waals surface area contributed by atoms with Gasteiger partial charge in [0.25, 0.3) is 0 Å². The van der Waals surface area contributed by atoms with Crippen LogP contribution in [0.3, 0.4) is 0 Å². The van der Waals surface area contributed by atoms with Crippen LogP contribution in [0.1, 0.15) is 5.56 Å². The van der Waals surface area contributed by atoms with E-state index in [0.29, 0.717) is 12.2 Å². The molecule has 0 spiro atoms. The van der Waals surface area contributed by atoms with Gasteiger partial charge in [0.15, 0.2) is 0 Å². The molecule has 1 aromatic rings. The van der Waals surface area contributed by atoms with E-state index in [1.807, 2.05) is 24.3 Å². The van der Waals surface area contributed by atoms with Crippen LogP contribution in [-0.2, 0) is 6.42 Å². The summed E-state index contributed by atoms with van der Waals surface area (Å²) in [6, 6.07) is 11.9. The molecule has 0 radical (unpaired) electrons. The van der Waals surface area contributed by atoms with Crippen molar-refractivity contribution in [3.05, 3.63) is 29.8 Å². The number of nitrogens with zero attached hydrogens (tertiary/aromatic N) is 2. The molecular weight excluding hydrogens is 180 g/mol. The van der Waals surface area contributed by atoms with Crippen molar-refractivity contribution in [2.75, 3.05) is 5.75 Å². The number of nitriles is 2. The minimum atomic E-state index is 0.448. The molecule has 0 heterocycles. The first-order chi connectivity index (χ1) is 6.36. The van der Waals surface area contributed by atoms with Crippen molar-refractivity contribution in [1.82, 2.24) is 0 Å². The molecule has 0 saturated carbocycles. The molecule has 0 aliphatic heterocycles. The molecule has 0 fully saturated rings. The molecule has 0 saturated heterocycles. The maximum Gasteiger partial charge on any atom is 0.0855 e. The van der Waals surface area contributed by atoms with E-state index < -0.39 is 0 Å². The molecular formula is C10H8N2S. The quantitative estimate of drug-likeness (QED) is 0.684. The zero-order valence-electron chi connectivity index (χ0n) is 7.03. The van der Waals surface area contributed by atoms with Crippen molar-refractivity contribution in [3.8, 4) is 12.1 Å². The van der Waals surface area contributed by atoms with Gasteiger partial charge in [-0.2, -0.15) is 10.5 Å². The number of benzene rings is 1. The second-order valence-electron chi connectivity index (χ2n) is 2.43. The fourth-order valence-electron chi connectivity index (χ4n) is 0.910. The molecule has 0 unspecified atom stereocenters. The normalized spacial score (nSPS) is 8.77. The Morgan fingerprint density at radius 2 is 1.77 bits per heavy atom. The Bertz CT molecular complexity index is 343. The molecule has 1 rings (SSSR count). The van der Waals surface area contributed by atoms with Crippen molar-refractivity contribution in [3.63, 3.8) is 0 Å². The van der Waals surface area contributed by atoms with Crippen LogP contribution in [0.5, 0.6) is 0 Å². The van der Waals surface area contributed by atoms with E-state index in [1.165, 1.54) is 11.8 Å². The summed E-state index contributed by atoms with van der Waals surface area (Å²) in [7, 11) is 0. The Hall–Kier alpha value is -1.45. The number of rotatable bonds is 3. The number of hydrogen-bond donors (Lipinski definition) is 0. The number of hydrogen-bond acceptors (Lipinski definition) is 3. The van der Waals surface area contributed by atoms with Crippen molar-refractivity contribution >= 4 is 11.8 Å². The zero-order valence-corrected chi connectivity index (χ0v) is 7.84. The van der Waals surface area contributed by atoms with E-state index in [1.54, 1.807) is 0 Å². The lowest BCUT2D eigenvalue weighted by molar-refractivity contribution is 1.24. The van der Waals surface area contributed by atoms with Gasteiger partial charge in [-0.3, -0.25) is 0 Å². The molecule has 1 aromatic carbocycles. The van der Waals surface area contributed by atoms with Crippen molar-refractivity contribution in [2.24, 2.45) is 0 Å². The first-order valence-electron chi connectivity index (χ1n) is 3.82. The first kappa shape index (κ1) is 9.64. The van der Waals surface area contributed by atoms with Crippen LogP contribution < -0.4 is 0 Å². The Morgan fingerprint density at radius 1 is 1.08 bits per heavy atom. The van der Waals surface area contributed by atoms with Crippen molar-refractivity contribution in [1.29, 1.82) is 10.5 Å². The standard InChI is InChI=1S/C10H8N2S/c11-6-5-9-1-3-10(4-2-9)13-8-7-12/h1-4H,5,8H2. The molecule has 0 atom stereocenters. The second kappa shape index (κ2) is 5.24. The lowest BCUT2D eigenvalue weighted by Crippen LogP contribution is -1.80. The highest BCUT2D eigenvalue weighted by molar-refractivity contribution is 7.99. The zero-order chi connectivity index (χ0) is 9.52. The van der Waals surface area contributed by atoms with Crippen LogP contribution in [0.2, 0.25) is 0 Å². The topological polar surface area (TPSA) is 47.6 Å². The lowest BCUT2D eigenvalue weighted by atomic mass is 10.2. The van der Waals surface area contributed by atoms with Gasteiger partial charge in [0, 0.05) is 4.90 Å². The van der Waals surface area contributed by atoms with Crippen LogP contribution in [0.25, 0.3) is 0 Å². The third-order valence-corrected chi connectivity index (χ3v) is 2.39. The van der Waals surface area contributed by atoms with Crippen LogP contribution in [0, 0.1) is 22.7 Å². The Morgan fingerprint density at radius 3 is 2.31 bits per heavy atom. The summed E-state index contributed by atoms with van der Waals surface area (Å²) in [5.74, 6) is 0.470. The van der Waals surface area contributed by atoms with Crippen LogP contribution >= 0.6 is 11.8 Å². The predicted octanol–water partition coefficient (Wildman–Crippen LogP) is 2.37. The van der Waals surface area contributed by atoms with Gasteiger partial charge in [0.05, 0.1) is 24.3 Å². The minimum Gasteiger partial charge on any atom is -0.198 e. The molecule has 0 bridgehead atoms. The summed E-state index contributed by atoms with van der Waals surface area (Å²) in [5.41, 5.74) is 1.02. The highest BCUT2D eigenvalue weighted by Crippen LogP contribution is 2.17. The maximum absolute atomic E-state index is 8.43. The highest BCUT2D eigenvalue weighted by Gasteiger charge is 1.94. The maximum atomic E-state index is 8.43. The van der Waals surface area contributed by atoms with Crippen LogP contribution in [0.4, 0.5) is 0 Å². The average Bonchev–Trinajstić information content (AvgIpc) is 2.17. The van der Waals surface area contributed by atoms with Gasteiger partial charge in [0.1, 0.15) is 0 Å². The largest absolute Gasteiger partial charge is 0.198 e. The summed E-state index contributed by atoms with van der Waals surface area (Å²) < 4.78 is 0. The summed E-state index contributed by atoms with van der Waals surface area (Å²) in [6.45, 7) is 0. The summed E-state index contributed by atoms with van der Waals surface area (Å²) in [4.78, 5) is 1.07. The summed E-state index contributed by atoms with van der Waals surface area (Å²) >= 11 is 1.50. The molecule has 0 aliphatic carbocycles. The molecule has 64 valence electrons. The van der Waals surface area contributed by atoms with E-state index in [2.05, 4.69) is 12.1 Å². The van der Waals surface area contributed by atoms with Crippen molar-refractivity contribution in [2.45, 2.75) is 11.3 Å². The van der Waals surface area contributed by atoms with Gasteiger partial charge in [-0.05, 0) is 17.7 Å². The predicted molar refractivity (Wildman–Crippen MR) is 52.1 cm³/mol. The minimum absolute atomic E-state index is 0.448. The molecule has 0 amide bonds. The van der Waals surface area contributed by atoms with Gasteiger partial charge in [-0.15, -0.1) is 11.8 Å². The fourth-order valence-corrected chi connectivity index (χ4v) is 1.47. The molecule has 0 N–H and O–H groups in total. The Kier molecular flexibility index (Phi) is 3.88. The number of thioether (sulfide) groups is 1. The molecule has 3 heteroatoms. The fraction of sp³-hybridized carbons (Fsp3) is 0.200. The van der Waals surface area contributed by atoms with Gasteiger partial charge >= 0.3 is 0 Å². The highest BCUT2D eigenvalue weighted by atomic mass is 32.2. The molecule has 2 nitrogen and oxygen atoms in total. The smallest absolute Gasteiger partial charge is 0.0855 e. The van der Waals surface area contributed by atoms with E-state index in [-0.39, 0.29) is 0 Å². The van der Waals surface area contributed by atoms with Gasteiger partial charge < -0.3 is 0 Å². The first-order valence-corrected chi connectivity index (χ1v) is 4.81. The van der Waals surface area contributed by atoms with Crippen LogP contribution in [0.15, 0.2) is 29.2 Å². The molecule has 13 heavy (non-hydrogen) atoms. The van der Waals surface area contributed by atoms with E-state index in [0.717, 1.165) is 10.5 Å². The molecule has 0 aliphatic rings. The SMILES string of the molecule is N#CCSc1ccc(CC#N)cc1. The van der Waals surface area contributed by atoms with E-state index in [4.69, 9.17) is 10.5 Å². The third-order valence-electron chi connectivity index (χ3n) is 1.51. The summed E-state index contributed by atoms with van der Waals surface area (Å²) in [5, 5.41) is 16.8. The molecule has 0 aromatic heterocycles. The average molecular weight is 188 g/mol. The monoisotopic (exact) mass is 188 g/mol. The van der Waals surface area contributed by atoms with Crippen LogP contribution in [-0.4, -0.2) is 5.75 Å². The van der Waals surface area contributed by atoms with Gasteiger partial charge in [-0.1, -0.05) is 12.1 Å². The van der Waals surface area contributed by atoms with Gasteiger partial charge in [-0.25, -0.2) is 0 Å². The lowest BCUT2D eigenvalue weighted by Gasteiger charge is -1.97. The third kappa shape index (κ3) is 3.19. The van der Waals surface area contributed by atoms with Gasteiger partial charge in [0.2, 0.25) is 0 Å². The van der Waals surface area contributed by atoms with Crippen molar-refractivity contribution < 1.29 is 0 Å².